The molecule has 0 aliphatic carbocycles. The predicted molar refractivity (Wildman–Crippen MR) is 74.5 cm³/mol. The van der Waals surface area contributed by atoms with E-state index in [4.69, 9.17) is 5.26 Å². The number of nitrogens with zero attached hydrogens (tertiary/aromatic N) is 2. The fraction of sp³-hybridized carbons (Fsp3) is 0.154. The van der Waals surface area contributed by atoms with Gasteiger partial charge in [0.05, 0.1) is 28.8 Å². The second kappa shape index (κ2) is 5.76. The molecule has 1 aromatic heterocycles. The molecule has 7 nitrogen and oxygen atoms in total. The summed E-state index contributed by atoms with van der Waals surface area (Å²) in [6, 6.07) is 9.54. The number of nitrogens with one attached hydrogen (secondary N) is 1. The molecule has 21 heavy (non-hydrogen) atoms. The van der Waals surface area contributed by atoms with Crippen molar-refractivity contribution in [1.29, 1.82) is 5.26 Å². The van der Waals surface area contributed by atoms with Gasteiger partial charge in [-0.1, -0.05) is 0 Å². The van der Waals surface area contributed by atoms with Crippen molar-refractivity contribution in [1.82, 2.24) is 9.78 Å². The van der Waals surface area contributed by atoms with Crippen LogP contribution in [-0.4, -0.2) is 24.0 Å². The highest BCUT2D eigenvalue weighted by Gasteiger charge is 2.14. The molecule has 0 amide bonds. The zero-order valence-electron chi connectivity index (χ0n) is 10.8. The Morgan fingerprint density at radius 2 is 1.76 bits per heavy atom. The number of sulfone groups is 1. The summed E-state index contributed by atoms with van der Waals surface area (Å²) in [5, 5.41) is 10.9. The third-order valence-corrected chi connectivity index (χ3v) is 4.53. The average molecular weight is 305 g/mol. The van der Waals surface area contributed by atoms with Crippen molar-refractivity contribution >= 4 is 9.84 Å². The summed E-state index contributed by atoms with van der Waals surface area (Å²) in [5.41, 5.74) is -0.604. The van der Waals surface area contributed by atoms with Crippen LogP contribution in [0.25, 0.3) is 0 Å². The maximum absolute atomic E-state index is 12.1. The molecule has 0 unspecified atom stereocenters. The van der Waals surface area contributed by atoms with E-state index in [0.29, 0.717) is 5.56 Å². The number of hydrogen-bond acceptors (Lipinski definition) is 5. The van der Waals surface area contributed by atoms with Crippen LogP contribution in [0, 0.1) is 11.3 Å². The van der Waals surface area contributed by atoms with Crippen molar-refractivity contribution in [2.75, 3.05) is 5.75 Å². The van der Waals surface area contributed by atoms with Gasteiger partial charge < -0.3 is 0 Å². The smallest absolute Gasteiger partial charge is 0.265 e. The van der Waals surface area contributed by atoms with E-state index in [1.165, 1.54) is 24.3 Å². The number of aromatic nitrogens is 2. The van der Waals surface area contributed by atoms with E-state index in [1.807, 2.05) is 6.07 Å². The molecule has 2 aromatic rings. The molecule has 0 fully saturated rings. The van der Waals surface area contributed by atoms with Crippen molar-refractivity contribution in [2.45, 2.75) is 11.4 Å². The number of aromatic amines is 1. The molecule has 0 radical (unpaired) electrons. The molecule has 108 valence electrons. The normalized spacial score (nSPS) is 11.0. The molecule has 0 atom stereocenters. The van der Waals surface area contributed by atoms with Crippen molar-refractivity contribution < 1.29 is 8.42 Å². The number of aryl methyl sites for hydroxylation is 1. The molecule has 0 saturated carbocycles. The molecule has 0 spiro atoms. The van der Waals surface area contributed by atoms with Gasteiger partial charge in [0.2, 0.25) is 0 Å². The molecule has 1 N–H and O–H groups in total. The maximum atomic E-state index is 12.1. The lowest BCUT2D eigenvalue weighted by Gasteiger charge is -2.06. The van der Waals surface area contributed by atoms with Crippen LogP contribution in [0.15, 0.2) is 50.9 Å². The average Bonchev–Trinajstić information content (AvgIpc) is 2.48. The van der Waals surface area contributed by atoms with Crippen LogP contribution in [0.1, 0.15) is 5.56 Å². The molecule has 0 aliphatic rings. The number of nitriles is 1. The monoisotopic (exact) mass is 305 g/mol. The quantitative estimate of drug-likeness (QED) is 0.846. The largest absolute Gasteiger partial charge is 0.268 e. The van der Waals surface area contributed by atoms with Gasteiger partial charge >= 0.3 is 0 Å². The molecule has 1 aromatic carbocycles. The van der Waals surface area contributed by atoms with Crippen LogP contribution in [0.4, 0.5) is 0 Å². The summed E-state index contributed by atoms with van der Waals surface area (Å²) in [5.74, 6) is -0.335. The van der Waals surface area contributed by atoms with Gasteiger partial charge in [0.25, 0.3) is 11.1 Å². The minimum absolute atomic E-state index is 0.0628. The summed E-state index contributed by atoms with van der Waals surface area (Å²) < 4.78 is 25.2. The van der Waals surface area contributed by atoms with Gasteiger partial charge in [0.15, 0.2) is 9.84 Å². The van der Waals surface area contributed by atoms with Crippen molar-refractivity contribution in [3.8, 4) is 6.07 Å². The summed E-state index contributed by atoms with van der Waals surface area (Å²) in [7, 11) is -3.60. The Morgan fingerprint density at radius 1 is 1.10 bits per heavy atom. The highest BCUT2D eigenvalue weighted by atomic mass is 32.2. The van der Waals surface area contributed by atoms with Crippen LogP contribution in [0.2, 0.25) is 0 Å². The molecule has 1 heterocycles. The number of rotatable bonds is 4. The van der Waals surface area contributed by atoms with E-state index in [-0.39, 0.29) is 17.2 Å². The van der Waals surface area contributed by atoms with Gasteiger partial charge in [-0.3, -0.25) is 14.7 Å². The van der Waals surface area contributed by atoms with E-state index in [0.717, 1.165) is 16.8 Å². The summed E-state index contributed by atoms with van der Waals surface area (Å²) in [6.45, 7) is -0.156. The molecular weight excluding hydrogens is 294 g/mol. The van der Waals surface area contributed by atoms with Crippen molar-refractivity contribution in [3.05, 3.63) is 62.7 Å². The molecule has 0 bridgehead atoms. The van der Waals surface area contributed by atoms with E-state index in [9.17, 15) is 18.0 Å². The lowest BCUT2D eigenvalue weighted by molar-refractivity contribution is 0.567. The van der Waals surface area contributed by atoms with Gasteiger partial charge in [0.1, 0.15) is 0 Å². The number of hydrogen-bond donors (Lipinski definition) is 1. The maximum Gasteiger partial charge on any atom is 0.265 e. The predicted octanol–water partition coefficient (Wildman–Crippen LogP) is -0.118. The highest BCUT2D eigenvalue weighted by Crippen LogP contribution is 2.12. The van der Waals surface area contributed by atoms with E-state index >= 15 is 0 Å². The highest BCUT2D eigenvalue weighted by molar-refractivity contribution is 7.91. The minimum atomic E-state index is -3.60. The van der Waals surface area contributed by atoms with Crippen LogP contribution in [0.5, 0.6) is 0 Å². The summed E-state index contributed by atoms with van der Waals surface area (Å²) >= 11 is 0. The zero-order chi connectivity index (χ0) is 15.5. The van der Waals surface area contributed by atoms with Crippen molar-refractivity contribution in [3.63, 3.8) is 0 Å². The Bertz CT molecular complexity index is 902. The Morgan fingerprint density at radius 3 is 2.38 bits per heavy atom. The van der Waals surface area contributed by atoms with Crippen molar-refractivity contribution in [2.24, 2.45) is 0 Å². The van der Waals surface area contributed by atoms with Crippen LogP contribution in [0.3, 0.4) is 0 Å². The lowest BCUT2D eigenvalue weighted by Crippen LogP contribution is -2.30. The molecule has 0 saturated heterocycles. The zero-order valence-corrected chi connectivity index (χ0v) is 11.6. The SMILES string of the molecule is N#Cc1ccc(S(=O)(=O)CCn2[nH]c(=O)ccc2=O)cc1. The summed E-state index contributed by atoms with van der Waals surface area (Å²) in [6.07, 6.45) is 0. The fourth-order valence-electron chi connectivity index (χ4n) is 1.69. The molecule has 0 aliphatic heterocycles. The first-order valence-electron chi connectivity index (χ1n) is 5.95. The van der Waals surface area contributed by atoms with Crippen LogP contribution < -0.4 is 11.1 Å². The van der Waals surface area contributed by atoms with Gasteiger partial charge in [-0.15, -0.1) is 0 Å². The first-order valence-corrected chi connectivity index (χ1v) is 7.61. The first kappa shape index (κ1) is 14.7. The van der Waals surface area contributed by atoms with Crippen LogP contribution >= 0.6 is 0 Å². The number of H-pyrrole nitrogens is 1. The van der Waals surface area contributed by atoms with Gasteiger partial charge in [-0.2, -0.15) is 5.26 Å². The third kappa shape index (κ3) is 3.46. The van der Waals surface area contributed by atoms with E-state index in [1.54, 1.807) is 0 Å². The van der Waals surface area contributed by atoms with Gasteiger partial charge in [-0.25, -0.2) is 13.1 Å². The third-order valence-electron chi connectivity index (χ3n) is 2.81. The standard InChI is InChI=1S/C13H11N3O4S/c14-9-10-1-3-11(4-2-10)21(19,20)8-7-16-13(18)6-5-12(17)15-16/h1-6H,7-8H2,(H,15,17). The molecular formula is C13H11N3O4S. The fourth-order valence-corrected chi connectivity index (χ4v) is 2.90. The second-order valence-corrected chi connectivity index (χ2v) is 6.36. The Hall–Kier alpha value is -2.66. The molecule has 2 rings (SSSR count). The van der Waals surface area contributed by atoms with Gasteiger partial charge in [-0.05, 0) is 24.3 Å². The lowest BCUT2D eigenvalue weighted by atomic mass is 10.2. The summed E-state index contributed by atoms with van der Waals surface area (Å²) in [4.78, 5) is 22.6. The first-order chi connectivity index (χ1) is 9.92. The molecule has 8 heteroatoms. The second-order valence-electron chi connectivity index (χ2n) is 4.25. The Balaban J connectivity index is 2.21. The van der Waals surface area contributed by atoms with E-state index < -0.39 is 21.0 Å². The van der Waals surface area contributed by atoms with Crippen LogP contribution in [-0.2, 0) is 16.4 Å². The Labute approximate surface area is 120 Å². The van der Waals surface area contributed by atoms with E-state index in [2.05, 4.69) is 5.10 Å². The number of benzene rings is 1. The topological polar surface area (TPSA) is 113 Å². The Kier molecular flexibility index (Phi) is 4.05. The van der Waals surface area contributed by atoms with Gasteiger partial charge in [0, 0.05) is 12.1 Å². The minimum Gasteiger partial charge on any atom is -0.268 e.